The van der Waals surface area contributed by atoms with Crippen LogP contribution in [-0.2, 0) is 4.74 Å². The molecule has 2 fully saturated rings. The molecule has 6 heteroatoms. The lowest BCUT2D eigenvalue weighted by Crippen LogP contribution is -2.41. The van der Waals surface area contributed by atoms with Crippen LogP contribution in [-0.4, -0.2) is 29.1 Å². The molecule has 0 radical (unpaired) electrons. The fourth-order valence-electron chi connectivity index (χ4n) is 2.63. The fourth-order valence-corrected chi connectivity index (χ4v) is 2.63. The number of anilines is 1. The zero-order valence-electron chi connectivity index (χ0n) is 9.83. The van der Waals surface area contributed by atoms with Crippen LogP contribution in [0.15, 0.2) is 18.5 Å². The Labute approximate surface area is 112 Å². The summed E-state index contributed by atoms with van der Waals surface area (Å²) in [5.74, 6) is -0.156. The van der Waals surface area contributed by atoms with E-state index in [0.29, 0.717) is 17.4 Å². The van der Waals surface area contributed by atoms with Crippen molar-refractivity contribution in [3.05, 3.63) is 24.0 Å². The number of amides is 1. The van der Waals surface area contributed by atoms with E-state index < -0.39 is 0 Å². The van der Waals surface area contributed by atoms with E-state index in [9.17, 15) is 4.79 Å². The number of pyridine rings is 1. The van der Waals surface area contributed by atoms with Gasteiger partial charge in [0, 0.05) is 18.1 Å². The first-order valence-corrected chi connectivity index (χ1v) is 5.90. The van der Waals surface area contributed by atoms with Gasteiger partial charge in [-0.3, -0.25) is 9.78 Å². The number of hydrogen-bond donors (Lipinski definition) is 2. The van der Waals surface area contributed by atoms with Gasteiger partial charge in [-0.25, -0.2) is 0 Å². The molecule has 0 spiro atoms. The maximum absolute atomic E-state index is 12.0. The molecule has 5 nitrogen and oxygen atoms in total. The lowest BCUT2D eigenvalue weighted by molar-refractivity contribution is 0.0841. The topological polar surface area (TPSA) is 77.2 Å². The number of carbonyl (C=O) groups is 1. The van der Waals surface area contributed by atoms with E-state index in [1.807, 2.05) is 0 Å². The van der Waals surface area contributed by atoms with Gasteiger partial charge in [-0.2, -0.15) is 0 Å². The molecule has 98 valence electrons. The van der Waals surface area contributed by atoms with Gasteiger partial charge in [0.25, 0.3) is 5.91 Å². The molecule has 3 N–H and O–H groups in total. The average Bonchev–Trinajstić information content (AvgIpc) is 2.91. The van der Waals surface area contributed by atoms with E-state index in [0.717, 1.165) is 19.3 Å². The number of halogens is 1. The third kappa shape index (κ3) is 2.28. The first-order valence-electron chi connectivity index (χ1n) is 5.90. The van der Waals surface area contributed by atoms with Gasteiger partial charge in [0.1, 0.15) is 0 Å². The zero-order valence-corrected chi connectivity index (χ0v) is 10.7. The normalized spacial score (nSPS) is 28.8. The van der Waals surface area contributed by atoms with Gasteiger partial charge in [-0.1, -0.05) is 0 Å². The Balaban J connectivity index is 0.00000120. The number of ether oxygens (including phenoxy) is 1. The molecular weight excluding hydrogens is 254 g/mol. The van der Waals surface area contributed by atoms with E-state index in [2.05, 4.69) is 10.3 Å². The van der Waals surface area contributed by atoms with Crippen LogP contribution in [0.2, 0.25) is 0 Å². The number of nitrogen functional groups attached to an aromatic ring is 1. The number of nitrogens with one attached hydrogen (secondary N) is 1. The van der Waals surface area contributed by atoms with Crippen molar-refractivity contribution in [3.63, 3.8) is 0 Å². The highest BCUT2D eigenvalue weighted by Gasteiger charge is 2.41. The lowest BCUT2D eigenvalue weighted by Gasteiger charge is -2.20. The van der Waals surface area contributed by atoms with Crippen LogP contribution in [0.3, 0.4) is 0 Å². The van der Waals surface area contributed by atoms with Crippen LogP contribution in [0.1, 0.15) is 29.6 Å². The Kier molecular flexibility index (Phi) is 3.73. The summed E-state index contributed by atoms with van der Waals surface area (Å²) in [6.07, 6.45) is 6.66. The number of rotatable bonds is 2. The number of carbonyl (C=O) groups excluding carboxylic acids is 1. The highest BCUT2D eigenvalue weighted by Crippen LogP contribution is 2.34. The smallest absolute Gasteiger partial charge is 0.255 e. The van der Waals surface area contributed by atoms with Crippen LogP contribution in [0.5, 0.6) is 0 Å². The molecule has 2 saturated heterocycles. The Morgan fingerprint density at radius 3 is 2.94 bits per heavy atom. The molecule has 1 aromatic heterocycles. The van der Waals surface area contributed by atoms with Crippen LogP contribution >= 0.6 is 12.4 Å². The summed E-state index contributed by atoms with van der Waals surface area (Å²) in [6.45, 7) is 0. The summed E-state index contributed by atoms with van der Waals surface area (Å²) in [5, 5.41) is 2.98. The maximum atomic E-state index is 12.0. The van der Waals surface area contributed by atoms with Crippen LogP contribution in [0.25, 0.3) is 0 Å². The first kappa shape index (κ1) is 13.1. The molecular formula is C12H16ClN3O2. The monoisotopic (exact) mass is 269 g/mol. The molecule has 2 bridgehead atoms. The van der Waals surface area contributed by atoms with E-state index in [-0.39, 0.29) is 30.5 Å². The summed E-state index contributed by atoms with van der Waals surface area (Å²) in [5.41, 5.74) is 6.64. The predicted octanol–water partition coefficient (Wildman–Crippen LogP) is 1.14. The van der Waals surface area contributed by atoms with Crippen molar-refractivity contribution in [1.82, 2.24) is 10.3 Å². The van der Waals surface area contributed by atoms with Gasteiger partial charge in [-0.15, -0.1) is 12.4 Å². The minimum Gasteiger partial charge on any atom is -0.398 e. The van der Waals surface area contributed by atoms with Crippen molar-refractivity contribution in [3.8, 4) is 0 Å². The minimum atomic E-state index is -0.156. The molecule has 1 aromatic rings. The van der Waals surface area contributed by atoms with Crippen molar-refractivity contribution in [2.45, 2.75) is 37.5 Å². The second-order valence-electron chi connectivity index (χ2n) is 4.65. The minimum absolute atomic E-state index is 0. The summed E-state index contributed by atoms with van der Waals surface area (Å²) in [6, 6.07) is 1.76. The van der Waals surface area contributed by atoms with Gasteiger partial charge in [-0.05, 0) is 25.3 Å². The molecule has 2 aliphatic heterocycles. The number of nitrogens with two attached hydrogens (primary N) is 1. The fraction of sp³-hybridized carbons (Fsp3) is 0.500. The molecule has 18 heavy (non-hydrogen) atoms. The van der Waals surface area contributed by atoms with E-state index >= 15 is 0 Å². The zero-order chi connectivity index (χ0) is 11.8. The second-order valence-corrected chi connectivity index (χ2v) is 4.65. The number of hydrogen-bond acceptors (Lipinski definition) is 4. The van der Waals surface area contributed by atoms with Crippen LogP contribution < -0.4 is 11.1 Å². The SMILES string of the molecule is Cl.Nc1ccncc1C(=O)NC1CC2CCC1O2. The molecule has 3 atom stereocenters. The quantitative estimate of drug-likeness (QED) is 0.844. The highest BCUT2D eigenvalue weighted by atomic mass is 35.5. The van der Waals surface area contributed by atoms with Crippen LogP contribution in [0.4, 0.5) is 5.69 Å². The molecule has 3 rings (SSSR count). The van der Waals surface area contributed by atoms with Crippen molar-refractivity contribution in [1.29, 1.82) is 0 Å². The summed E-state index contributed by atoms with van der Waals surface area (Å²) in [7, 11) is 0. The molecule has 2 aliphatic rings. The van der Waals surface area contributed by atoms with Crippen molar-refractivity contribution in [2.75, 3.05) is 5.73 Å². The molecule has 0 aliphatic carbocycles. The molecule has 3 unspecified atom stereocenters. The van der Waals surface area contributed by atoms with E-state index in [4.69, 9.17) is 10.5 Å². The van der Waals surface area contributed by atoms with Gasteiger partial charge >= 0.3 is 0 Å². The van der Waals surface area contributed by atoms with Crippen molar-refractivity contribution in [2.24, 2.45) is 0 Å². The Bertz CT molecular complexity index is 455. The van der Waals surface area contributed by atoms with Crippen LogP contribution in [0, 0.1) is 0 Å². The molecule has 0 saturated carbocycles. The number of nitrogens with zero attached hydrogens (tertiary/aromatic N) is 1. The highest BCUT2D eigenvalue weighted by molar-refractivity contribution is 5.98. The van der Waals surface area contributed by atoms with Gasteiger partial charge in [0.15, 0.2) is 0 Å². The summed E-state index contributed by atoms with van der Waals surface area (Å²) < 4.78 is 5.69. The predicted molar refractivity (Wildman–Crippen MR) is 69.7 cm³/mol. The largest absolute Gasteiger partial charge is 0.398 e. The second kappa shape index (κ2) is 5.12. The Hall–Kier alpha value is -1.33. The standard InChI is InChI=1S/C12H15N3O2.ClH/c13-9-3-4-14-6-8(9)12(16)15-10-5-7-1-2-11(10)17-7;/h3-4,6-7,10-11H,1-2,5H2,(H2,13,14)(H,15,16);1H. The van der Waals surface area contributed by atoms with Gasteiger partial charge in [0.05, 0.1) is 23.8 Å². The van der Waals surface area contributed by atoms with E-state index in [1.54, 1.807) is 12.3 Å². The third-order valence-corrected chi connectivity index (χ3v) is 3.52. The average molecular weight is 270 g/mol. The molecule has 0 aromatic carbocycles. The summed E-state index contributed by atoms with van der Waals surface area (Å²) in [4.78, 5) is 15.9. The number of aromatic nitrogens is 1. The van der Waals surface area contributed by atoms with Crippen molar-refractivity contribution < 1.29 is 9.53 Å². The lowest BCUT2D eigenvalue weighted by atomic mass is 9.95. The van der Waals surface area contributed by atoms with Crippen molar-refractivity contribution >= 4 is 24.0 Å². The Morgan fingerprint density at radius 1 is 1.50 bits per heavy atom. The van der Waals surface area contributed by atoms with E-state index in [1.165, 1.54) is 6.20 Å². The Morgan fingerprint density at radius 2 is 2.33 bits per heavy atom. The molecule has 1 amide bonds. The summed E-state index contributed by atoms with van der Waals surface area (Å²) >= 11 is 0. The third-order valence-electron chi connectivity index (χ3n) is 3.52. The number of fused-ring (bicyclic) bond motifs is 2. The first-order chi connectivity index (χ1) is 8.24. The maximum Gasteiger partial charge on any atom is 0.255 e. The van der Waals surface area contributed by atoms with Gasteiger partial charge < -0.3 is 15.8 Å². The van der Waals surface area contributed by atoms with Gasteiger partial charge in [0.2, 0.25) is 0 Å². The molecule has 3 heterocycles.